The van der Waals surface area contributed by atoms with Gasteiger partial charge in [0, 0.05) is 11.1 Å². The summed E-state index contributed by atoms with van der Waals surface area (Å²) < 4.78 is 85.0. The van der Waals surface area contributed by atoms with Gasteiger partial charge in [-0.15, -0.1) is 0 Å². The number of carbonyl (C=O) groups excluding carboxylic acids is 2. The molecule has 0 saturated carbocycles. The molecular formula is C26H34F3N3O7S2. The van der Waals surface area contributed by atoms with Gasteiger partial charge in [0.1, 0.15) is 17.6 Å². The largest absolute Gasteiger partial charge is 0.486 e. The fraction of sp³-hybridized carbons (Fsp3) is 0.577. The van der Waals surface area contributed by atoms with Crippen molar-refractivity contribution >= 4 is 44.6 Å². The van der Waals surface area contributed by atoms with Crippen LogP contribution < -0.4 is 19.1 Å². The minimum Gasteiger partial charge on any atom is -0.486 e. The zero-order valence-electron chi connectivity index (χ0n) is 23.8. The van der Waals surface area contributed by atoms with Gasteiger partial charge in [0.2, 0.25) is 15.7 Å². The van der Waals surface area contributed by atoms with Crippen LogP contribution >= 0.6 is 11.3 Å². The molecule has 2 heterocycles. The Morgan fingerprint density at radius 3 is 2.41 bits per heavy atom. The van der Waals surface area contributed by atoms with E-state index < -0.39 is 39.4 Å². The van der Waals surface area contributed by atoms with Crippen LogP contribution in [0.2, 0.25) is 0 Å². The SMILES string of the molecule is CCOc1sc(CC)nc1S(=O)(=O)N1CC(CC(C)(C)C(C)=O)Oc2ccc(NC(=O)OC(C)(C)C(F)(F)F)cc21. The molecule has 2 aromatic rings. The summed E-state index contributed by atoms with van der Waals surface area (Å²) in [6.07, 6.45) is -6.26. The van der Waals surface area contributed by atoms with Crippen molar-refractivity contribution in [3.05, 3.63) is 23.2 Å². The number of ether oxygens (including phenoxy) is 3. The smallest absolute Gasteiger partial charge is 0.427 e. The van der Waals surface area contributed by atoms with Gasteiger partial charge in [0.25, 0.3) is 10.0 Å². The number of nitrogens with zero attached hydrogens (tertiary/aromatic N) is 2. The topological polar surface area (TPSA) is 124 Å². The number of ketones is 1. The Bertz CT molecular complexity index is 1410. The van der Waals surface area contributed by atoms with Crippen LogP contribution in [0.3, 0.4) is 0 Å². The monoisotopic (exact) mass is 621 g/mol. The van der Waals surface area contributed by atoms with Crippen LogP contribution in [0.1, 0.15) is 59.9 Å². The molecule has 0 saturated heterocycles. The third-order valence-electron chi connectivity index (χ3n) is 6.58. The van der Waals surface area contributed by atoms with E-state index in [0.29, 0.717) is 25.3 Å². The van der Waals surface area contributed by atoms with Crippen molar-refractivity contribution in [3.63, 3.8) is 0 Å². The average Bonchev–Trinajstić information content (AvgIpc) is 3.26. The van der Waals surface area contributed by atoms with Crippen LogP contribution in [0.15, 0.2) is 23.2 Å². The second kappa shape index (κ2) is 11.7. The molecule has 0 spiro atoms. The molecule has 15 heteroatoms. The number of nitrogens with one attached hydrogen (secondary N) is 1. The first-order valence-electron chi connectivity index (χ1n) is 12.9. The maximum absolute atomic E-state index is 14.1. The Labute approximate surface area is 241 Å². The Balaban J connectivity index is 2.06. The molecule has 1 aliphatic rings. The average molecular weight is 622 g/mol. The molecule has 10 nitrogen and oxygen atoms in total. The molecule has 0 fully saturated rings. The van der Waals surface area contributed by atoms with Crippen LogP contribution in [0.5, 0.6) is 10.8 Å². The number of benzene rings is 1. The van der Waals surface area contributed by atoms with Crippen molar-refractivity contribution in [3.8, 4) is 10.8 Å². The number of aryl methyl sites for hydroxylation is 1. The Kier molecular flexibility index (Phi) is 9.23. The molecule has 1 atom stereocenters. The molecule has 1 aromatic heterocycles. The van der Waals surface area contributed by atoms with E-state index in [1.54, 1.807) is 20.8 Å². The quantitative estimate of drug-likeness (QED) is 0.345. The van der Waals surface area contributed by atoms with Gasteiger partial charge in [0.05, 0.1) is 23.8 Å². The third kappa shape index (κ3) is 7.05. The van der Waals surface area contributed by atoms with E-state index in [1.807, 2.05) is 6.92 Å². The lowest BCUT2D eigenvalue weighted by Gasteiger charge is -2.38. The highest BCUT2D eigenvalue weighted by atomic mass is 32.2. The summed E-state index contributed by atoms with van der Waals surface area (Å²) in [5, 5.41) is 2.59. The van der Waals surface area contributed by atoms with E-state index in [9.17, 15) is 31.2 Å². The molecule has 1 unspecified atom stereocenters. The number of anilines is 2. The zero-order chi connectivity index (χ0) is 31.0. The van der Waals surface area contributed by atoms with Crippen LogP contribution in [-0.4, -0.2) is 56.3 Å². The molecule has 0 aliphatic carbocycles. The Morgan fingerprint density at radius 2 is 1.85 bits per heavy atom. The minimum atomic E-state index is -4.81. The third-order valence-corrected chi connectivity index (χ3v) is 9.52. The Morgan fingerprint density at radius 1 is 1.20 bits per heavy atom. The van der Waals surface area contributed by atoms with Crippen molar-refractivity contribution in [1.29, 1.82) is 0 Å². The fourth-order valence-electron chi connectivity index (χ4n) is 3.84. The van der Waals surface area contributed by atoms with Crippen molar-refractivity contribution < 1.29 is 45.4 Å². The standard InChI is InChI=1S/C26H34F3N3O7S2/c1-8-20-31-21(22(40-20)37-9-2)41(35,36)32-14-17(13-24(4,5)15(3)33)38-19-11-10-16(12-18(19)32)30-23(34)39-25(6,7)26(27,28)29/h10-12,17H,8-9,13-14H2,1-7H3,(H,30,34). The van der Waals surface area contributed by atoms with E-state index in [2.05, 4.69) is 15.0 Å². The molecule has 1 amide bonds. The molecule has 1 aliphatic heterocycles. The number of rotatable bonds is 10. The van der Waals surface area contributed by atoms with Crippen molar-refractivity contribution in [2.45, 2.75) is 84.2 Å². The molecule has 1 aromatic carbocycles. The van der Waals surface area contributed by atoms with Gasteiger partial charge in [-0.3, -0.25) is 14.4 Å². The second-order valence-corrected chi connectivity index (χ2v) is 13.4. The van der Waals surface area contributed by atoms with Gasteiger partial charge in [-0.2, -0.15) is 21.6 Å². The van der Waals surface area contributed by atoms with E-state index in [4.69, 9.17) is 9.47 Å². The fourth-order valence-corrected chi connectivity index (χ4v) is 6.61. The maximum atomic E-state index is 14.1. The lowest BCUT2D eigenvalue weighted by Crippen LogP contribution is -2.46. The maximum Gasteiger partial charge on any atom is 0.427 e. The summed E-state index contributed by atoms with van der Waals surface area (Å²) in [6, 6.07) is 3.99. The summed E-state index contributed by atoms with van der Waals surface area (Å²) in [4.78, 5) is 28.8. The molecule has 1 N–H and O–H groups in total. The van der Waals surface area contributed by atoms with E-state index in [1.165, 1.54) is 25.1 Å². The molecule has 0 radical (unpaired) electrons. The van der Waals surface area contributed by atoms with Gasteiger partial charge in [-0.25, -0.2) is 9.78 Å². The normalized spacial score (nSPS) is 16.0. The van der Waals surface area contributed by atoms with Crippen LogP contribution in [0.25, 0.3) is 0 Å². The van der Waals surface area contributed by atoms with E-state index in [0.717, 1.165) is 15.6 Å². The van der Waals surface area contributed by atoms with Gasteiger partial charge < -0.3 is 14.2 Å². The molecule has 0 bridgehead atoms. The summed E-state index contributed by atoms with van der Waals surface area (Å²) in [5.74, 6) is 0.0227. The summed E-state index contributed by atoms with van der Waals surface area (Å²) in [6.45, 7) is 9.86. The highest BCUT2D eigenvalue weighted by Crippen LogP contribution is 2.43. The first kappa shape index (κ1) is 32.4. The molecular weight excluding hydrogens is 587 g/mol. The number of carbonyl (C=O) groups is 2. The van der Waals surface area contributed by atoms with Crippen LogP contribution in [0, 0.1) is 5.41 Å². The van der Waals surface area contributed by atoms with Crippen molar-refractivity contribution in [1.82, 2.24) is 4.98 Å². The lowest BCUT2D eigenvalue weighted by atomic mass is 9.83. The number of hydrogen-bond acceptors (Lipinski definition) is 9. The van der Waals surface area contributed by atoms with Gasteiger partial charge >= 0.3 is 12.3 Å². The first-order valence-corrected chi connectivity index (χ1v) is 15.1. The summed E-state index contributed by atoms with van der Waals surface area (Å²) >= 11 is 1.11. The number of fused-ring (bicyclic) bond motifs is 1. The van der Waals surface area contributed by atoms with Gasteiger partial charge in [-0.05, 0) is 58.7 Å². The number of aromatic nitrogens is 1. The van der Waals surface area contributed by atoms with Crippen molar-refractivity contribution in [2.24, 2.45) is 5.41 Å². The first-order chi connectivity index (χ1) is 18.8. The summed E-state index contributed by atoms with van der Waals surface area (Å²) in [5.41, 5.74) is -3.60. The number of amides is 1. The second-order valence-electron chi connectivity index (χ2n) is 10.6. The molecule has 228 valence electrons. The number of Topliss-reactive ketones (excluding diaryl/α,β-unsaturated/α-hetero) is 1. The van der Waals surface area contributed by atoms with Gasteiger partial charge in [-0.1, -0.05) is 32.1 Å². The number of hydrogen-bond donors (Lipinski definition) is 1. The number of sulfonamides is 1. The highest BCUT2D eigenvalue weighted by molar-refractivity contribution is 7.93. The van der Waals surface area contributed by atoms with Gasteiger partial charge in [0.15, 0.2) is 0 Å². The lowest BCUT2D eigenvalue weighted by molar-refractivity contribution is -0.242. The zero-order valence-corrected chi connectivity index (χ0v) is 25.5. The number of halogens is 3. The van der Waals surface area contributed by atoms with E-state index in [-0.39, 0.29) is 52.6 Å². The number of thiazole rings is 1. The van der Waals surface area contributed by atoms with Crippen molar-refractivity contribution in [2.75, 3.05) is 22.8 Å². The molecule has 3 rings (SSSR count). The van der Waals surface area contributed by atoms with Crippen LogP contribution in [0.4, 0.5) is 29.3 Å². The predicted molar refractivity (Wildman–Crippen MR) is 147 cm³/mol. The number of alkyl halides is 3. The minimum absolute atomic E-state index is 0.0169. The highest BCUT2D eigenvalue weighted by Gasteiger charge is 2.51. The predicted octanol–water partition coefficient (Wildman–Crippen LogP) is 5.96. The molecule has 41 heavy (non-hydrogen) atoms. The Hall–Kier alpha value is -3.07. The van der Waals surface area contributed by atoms with Crippen LogP contribution in [-0.2, 0) is 26.0 Å². The van der Waals surface area contributed by atoms with E-state index >= 15 is 0 Å². The summed E-state index contributed by atoms with van der Waals surface area (Å²) in [7, 11) is -4.37.